The number of Topliss-reactive ketones (excluding diaryl/α,β-unsaturated/α-hetero) is 1. The van der Waals surface area contributed by atoms with Gasteiger partial charge in [-0.05, 0) is 42.3 Å². The lowest BCUT2D eigenvalue weighted by Crippen LogP contribution is -2.30. The van der Waals surface area contributed by atoms with Crippen molar-refractivity contribution in [1.82, 2.24) is 0 Å². The lowest BCUT2D eigenvalue weighted by atomic mass is 9.84. The van der Waals surface area contributed by atoms with Gasteiger partial charge in [0.1, 0.15) is 11.6 Å². The van der Waals surface area contributed by atoms with Gasteiger partial charge in [0.05, 0.1) is 23.4 Å². The molecule has 4 rings (SSSR count). The molecule has 0 aliphatic carbocycles. The van der Waals surface area contributed by atoms with E-state index in [0.29, 0.717) is 5.71 Å². The van der Waals surface area contributed by atoms with Gasteiger partial charge in [-0.15, -0.1) is 0 Å². The molecule has 3 aromatic rings. The molecule has 0 saturated heterocycles. The van der Waals surface area contributed by atoms with E-state index in [4.69, 9.17) is 5.10 Å². The second-order valence-electron chi connectivity index (χ2n) is 6.62. The SMILES string of the molecule is CC(=O)C1C(c2ccc(F)cc2)=NN(c2ccccc2)C1c1ccccc1. The second-order valence-corrected chi connectivity index (χ2v) is 6.62. The first-order valence-electron chi connectivity index (χ1n) is 8.89. The van der Waals surface area contributed by atoms with Crippen LogP contribution < -0.4 is 5.01 Å². The first kappa shape index (κ1) is 17.2. The zero-order valence-corrected chi connectivity index (χ0v) is 14.9. The molecule has 1 aliphatic heterocycles. The van der Waals surface area contributed by atoms with E-state index >= 15 is 0 Å². The molecule has 1 heterocycles. The molecule has 0 fully saturated rings. The third kappa shape index (κ3) is 3.26. The summed E-state index contributed by atoms with van der Waals surface area (Å²) in [6, 6.07) is 25.6. The Bertz CT molecular complexity index is 968. The largest absolute Gasteiger partial charge is 0.299 e. The highest BCUT2D eigenvalue weighted by atomic mass is 19.1. The number of hydrazone groups is 1. The highest BCUT2D eigenvalue weighted by molar-refractivity contribution is 6.15. The Kier molecular flexibility index (Phi) is 4.55. The monoisotopic (exact) mass is 358 g/mol. The Labute approximate surface area is 157 Å². The summed E-state index contributed by atoms with van der Waals surface area (Å²) in [6.45, 7) is 1.59. The van der Waals surface area contributed by atoms with Crippen molar-refractivity contribution in [3.8, 4) is 0 Å². The van der Waals surface area contributed by atoms with Crippen molar-refractivity contribution in [1.29, 1.82) is 0 Å². The lowest BCUT2D eigenvalue weighted by molar-refractivity contribution is -0.119. The van der Waals surface area contributed by atoms with Crippen LogP contribution in [-0.4, -0.2) is 11.5 Å². The van der Waals surface area contributed by atoms with Crippen LogP contribution in [0, 0.1) is 11.7 Å². The molecule has 134 valence electrons. The fourth-order valence-electron chi connectivity index (χ4n) is 3.59. The van der Waals surface area contributed by atoms with E-state index in [1.807, 2.05) is 65.7 Å². The van der Waals surface area contributed by atoms with Crippen LogP contribution in [0.3, 0.4) is 0 Å². The number of carbonyl (C=O) groups is 1. The van der Waals surface area contributed by atoms with E-state index in [0.717, 1.165) is 16.8 Å². The zero-order chi connectivity index (χ0) is 18.8. The molecule has 0 N–H and O–H groups in total. The van der Waals surface area contributed by atoms with Crippen LogP contribution in [0.25, 0.3) is 0 Å². The first-order chi connectivity index (χ1) is 13.1. The molecule has 2 atom stereocenters. The van der Waals surface area contributed by atoms with Crippen LogP contribution in [0.15, 0.2) is 90.0 Å². The van der Waals surface area contributed by atoms with Crippen LogP contribution >= 0.6 is 0 Å². The van der Waals surface area contributed by atoms with Gasteiger partial charge in [0.2, 0.25) is 0 Å². The van der Waals surface area contributed by atoms with E-state index in [2.05, 4.69) is 0 Å². The van der Waals surface area contributed by atoms with Crippen molar-refractivity contribution in [3.63, 3.8) is 0 Å². The summed E-state index contributed by atoms with van der Waals surface area (Å²) in [6.07, 6.45) is 0. The Morgan fingerprint density at radius 1 is 0.889 bits per heavy atom. The van der Waals surface area contributed by atoms with Gasteiger partial charge >= 0.3 is 0 Å². The molecule has 0 aromatic heterocycles. The number of rotatable bonds is 4. The number of benzene rings is 3. The molecular formula is C23H19FN2O. The molecule has 0 spiro atoms. The maximum atomic E-state index is 13.4. The average molecular weight is 358 g/mol. The minimum atomic E-state index is -0.432. The van der Waals surface area contributed by atoms with Crippen molar-refractivity contribution >= 4 is 17.2 Å². The lowest BCUT2D eigenvalue weighted by Gasteiger charge is -2.27. The summed E-state index contributed by atoms with van der Waals surface area (Å²) in [5, 5.41) is 6.73. The first-order valence-corrected chi connectivity index (χ1v) is 8.89. The van der Waals surface area contributed by atoms with Gasteiger partial charge in [0.15, 0.2) is 0 Å². The smallest absolute Gasteiger partial charge is 0.141 e. The van der Waals surface area contributed by atoms with Crippen molar-refractivity contribution in [3.05, 3.63) is 102 Å². The van der Waals surface area contributed by atoms with E-state index < -0.39 is 5.92 Å². The Balaban J connectivity index is 1.87. The molecule has 3 aromatic carbocycles. The van der Waals surface area contributed by atoms with Gasteiger partial charge in [0.25, 0.3) is 0 Å². The van der Waals surface area contributed by atoms with Crippen LogP contribution in [0.5, 0.6) is 0 Å². The van der Waals surface area contributed by atoms with Crippen LogP contribution in [0.1, 0.15) is 24.1 Å². The molecule has 0 radical (unpaired) electrons. The number of ketones is 1. The van der Waals surface area contributed by atoms with E-state index in [-0.39, 0.29) is 17.6 Å². The summed E-state index contributed by atoms with van der Waals surface area (Å²) in [7, 11) is 0. The van der Waals surface area contributed by atoms with Crippen molar-refractivity contribution in [2.24, 2.45) is 11.0 Å². The standard InChI is InChI=1S/C23H19FN2O/c1-16(27)21-22(17-12-14-19(24)15-13-17)25-26(20-10-6-3-7-11-20)23(21)18-8-4-2-5-9-18/h2-15,21,23H,1H3. The third-order valence-electron chi connectivity index (χ3n) is 4.83. The van der Waals surface area contributed by atoms with Crippen LogP contribution in [-0.2, 0) is 4.79 Å². The third-order valence-corrected chi connectivity index (χ3v) is 4.83. The highest BCUT2D eigenvalue weighted by Crippen LogP contribution is 2.41. The van der Waals surface area contributed by atoms with Crippen molar-refractivity contribution in [2.45, 2.75) is 13.0 Å². The second kappa shape index (κ2) is 7.16. The molecule has 0 amide bonds. The number of carbonyl (C=O) groups excluding carboxylic acids is 1. The molecular weight excluding hydrogens is 339 g/mol. The minimum absolute atomic E-state index is 0.0327. The normalized spacial score (nSPS) is 19.0. The van der Waals surface area contributed by atoms with Gasteiger partial charge in [-0.1, -0.05) is 60.7 Å². The Morgan fingerprint density at radius 3 is 2.07 bits per heavy atom. The quantitative estimate of drug-likeness (QED) is 0.658. The minimum Gasteiger partial charge on any atom is -0.299 e. The molecule has 0 bridgehead atoms. The van der Waals surface area contributed by atoms with Crippen LogP contribution in [0.2, 0.25) is 0 Å². The molecule has 3 nitrogen and oxygen atoms in total. The summed E-state index contributed by atoms with van der Waals surface area (Å²) in [4.78, 5) is 12.7. The average Bonchev–Trinajstić information content (AvgIpc) is 3.11. The van der Waals surface area contributed by atoms with E-state index in [1.54, 1.807) is 19.1 Å². The summed E-state index contributed by atoms with van der Waals surface area (Å²) in [5.74, 6) is -0.709. The van der Waals surface area contributed by atoms with Gasteiger partial charge in [-0.3, -0.25) is 9.80 Å². The fraction of sp³-hybridized carbons (Fsp3) is 0.130. The summed E-state index contributed by atoms with van der Waals surface area (Å²) < 4.78 is 13.4. The molecule has 1 aliphatic rings. The molecule has 0 saturated carbocycles. The number of hydrogen-bond acceptors (Lipinski definition) is 3. The van der Waals surface area contributed by atoms with E-state index in [9.17, 15) is 9.18 Å². The maximum Gasteiger partial charge on any atom is 0.141 e. The maximum absolute atomic E-state index is 13.4. The number of anilines is 1. The number of nitrogens with zero attached hydrogens (tertiary/aromatic N) is 2. The van der Waals surface area contributed by atoms with Gasteiger partial charge in [-0.25, -0.2) is 4.39 Å². The van der Waals surface area contributed by atoms with Gasteiger partial charge < -0.3 is 0 Å². The van der Waals surface area contributed by atoms with Gasteiger partial charge in [-0.2, -0.15) is 5.10 Å². The Hall–Kier alpha value is -3.27. The molecule has 2 unspecified atom stereocenters. The van der Waals surface area contributed by atoms with Gasteiger partial charge in [0, 0.05) is 0 Å². The highest BCUT2D eigenvalue weighted by Gasteiger charge is 2.42. The van der Waals surface area contributed by atoms with Crippen molar-refractivity contribution in [2.75, 3.05) is 5.01 Å². The van der Waals surface area contributed by atoms with Crippen molar-refractivity contribution < 1.29 is 9.18 Å². The Morgan fingerprint density at radius 2 is 1.48 bits per heavy atom. The summed E-state index contributed by atoms with van der Waals surface area (Å²) in [5.41, 5.74) is 3.35. The predicted molar refractivity (Wildman–Crippen MR) is 105 cm³/mol. The number of hydrogen-bond donors (Lipinski definition) is 0. The fourth-order valence-corrected chi connectivity index (χ4v) is 3.59. The predicted octanol–water partition coefficient (Wildman–Crippen LogP) is 5.00. The number of halogens is 1. The molecule has 27 heavy (non-hydrogen) atoms. The topological polar surface area (TPSA) is 32.7 Å². The zero-order valence-electron chi connectivity index (χ0n) is 14.9. The van der Waals surface area contributed by atoms with Crippen LogP contribution in [0.4, 0.5) is 10.1 Å². The molecule has 4 heteroatoms. The van der Waals surface area contributed by atoms with E-state index in [1.165, 1.54) is 12.1 Å². The number of para-hydroxylation sites is 1. The summed E-state index contributed by atoms with van der Waals surface area (Å²) >= 11 is 0.